The van der Waals surface area contributed by atoms with Crippen LogP contribution in [0.3, 0.4) is 0 Å². The highest BCUT2D eigenvalue weighted by Gasteiger charge is 2.18. The Hall–Kier alpha value is -1.73. The average Bonchev–Trinajstić information content (AvgIpc) is 2.18. The predicted octanol–water partition coefficient (Wildman–Crippen LogP) is 0.380. The Bertz CT molecular complexity index is 461. The number of nitrogens with one attached hydrogen (secondary N) is 1. The fraction of sp³-hybridized carbons (Fsp3) is 0.125. The third kappa shape index (κ3) is 3.49. The average molecular weight is 228 g/mol. The highest BCUT2D eigenvalue weighted by molar-refractivity contribution is 7.61. The van der Waals surface area contributed by atoms with E-state index < -0.39 is 22.5 Å². The lowest BCUT2D eigenvalue weighted by Gasteiger charge is -2.09. The first-order valence-electron chi connectivity index (χ1n) is 3.94. The van der Waals surface area contributed by atoms with Crippen molar-refractivity contribution in [1.29, 1.82) is 0 Å². The normalized spacial score (nSPS) is 11.7. The van der Waals surface area contributed by atoms with E-state index in [2.05, 4.69) is 4.47 Å². The maximum absolute atomic E-state index is 10.8. The maximum Gasteiger partial charge on any atom is 0.327 e. The largest absolute Gasteiger partial charge is 0.480 e. The summed E-state index contributed by atoms with van der Waals surface area (Å²) >= 11 is 0. The van der Waals surface area contributed by atoms with E-state index in [-0.39, 0.29) is 0 Å². The van der Waals surface area contributed by atoms with Crippen molar-refractivity contribution in [2.45, 2.75) is 6.04 Å². The molecule has 0 fully saturated rings. The molecule has 1 aromatic rings. The van der Waals surface area contributed by atoms with Crippen molar-refractivity contribution in [1.82, 2.24) is 5.43 Å². The highest BCUT2D eigenvalue weighted by Crippen LogP contribution is 2.12. The van der Waals surface area contributed by atoms with Crippen molar-refractivity contribution in [3.05, 3.63) is 35.9 Å². The molecule has 7 heteroatoms. The molecule has 1 rings (SSSR count). The number of benzene rings is 1. The molecule has 0 aliphatic heterocycles. The molecular weight excluding hydrogens is 220 g/mol. The summed E-state index contributed by atoms with van der Waals surface area (Å²) in [5.74, 6) is -1.20. The fourth-order valence-electron chi connectivity index (χ4n) is 1.01. The van der Waals surface area contributed by atoms with Gasteiger partial charge in [0.25, 0.3) is 0 Å². The van der Waals surface area contributed by atoms with Crippen LogP contribution in [-0.4, -0.2) is 19.5 Å². The number of carboxylic acids is 1. The summed E-state index contributed by atoms with van der Waals surface area (Å²) in [5, 5.41) is 8.82. The number of carboxylic acid groups (broad SMARTS) is 1. The van der Waals surface area contributed by atoms with E-state index in [9.17, 15) is 13.2 Å². The van der Waals surface area contributed by atoms with E-state index in [1.807, 2.05) is 5.43 Å². The van der Waals surface area contributed by atoms with Gasteiger partial charge in [0.2, 0.25) is 0 Å². The molecule has 0 bridgehead atoms. The Morgan fingerprint density at radius 1 is 1.33 bits per heavy atom. The Balaban J connectivity index is 2.94. The molecule has 2 N–H and O–H groups in total. The number of rotatable bonds is 4. The zero-order valence-corrected chi connectivity index (χ0v) is 8.31. The van der Waals surface area contributed by atoms with Crippen molar-refractivity contribution in [3.63, 3.8) is 0 Å². The first-order chi connectivity index (χ1) is 7.11. The smallest absolute Gasteiger partial charge is 0.327 e. The monoisotopic (exact) mass is 228 g/mol. The number of carbonyl (C=O) groups is 1. The number of hydrogen-bond acceptors (Lipinski definition) is 4. The van der Waals surface area contributed by atoms with Crippen LogP contribution in [-0.2, 0) is 15.3 Å². The second-order valence-electron chi connectivity index (χ2n) is 2.62. The summed E-state index contributed by atoms with van der Waals surface area (Å²) in [5.41, 5.74) is 2.48. The van der Waals surface area contributed by atoms with Gasteiger partial charge in [0.15, 0.2) is 6.04 Å². The second kappa shape index (κ2) is 5.23. The van der Waals surface area contributed by atoms with Crippen LogP contribution in [0.1, 0.15) is 11.6 Å². The molecule has 0 aliphatic carbocycles. The van der Waals surface area contributed by atoms with E-state index in [0.717, 1.165) is 0 Å². The van der Waals surface area contributed by atoms with Gasteiger partial charge in [-0.3, -0.25) is 4.79 Å². The van der Waals surface area contributed by atoms with Crippen LogP contribution in [0.2, 0.25) is 0 Å². The number of nitrogens with zero attached hydrogens (tertiary/aromatic N) is 1. The van der Waals surface area contributed by atoms with E-state index in [1.54, 1.807) is 30.3 Å². The molecule has 1 atom stereocenters. The summed E-state index contributed by atoms with van der Waals surface area (Å²) < 4.78 is 23.2. The van der Waals surface area contributed by atoms with E-state index in [4.69, 9.17) is 5.11 Å². The fourth-order valence-corrected chi connectivity index (χ4v) is 1.21. The molecule has 0 aromatic heterocycles. The van der Waals surface area contributed by atoms with Crippen LogP contribution in [0.4, 0.5) is 0 Å². The summed E-state index contributed by atoms with van der Waals surface area (Å²) in [7, 11) is -2.68. The second-order valence-corrected chi connectivity index (χ2v) is 3.24. The molecule has 0 amide bonds. The third-order valence-electron chi connectivity index (χ3n) is 1.64. The summed E-state index contributed by atoms with van der Waals surface area (Å²) in [6.07, 6.45) is 0. The number of hydrogen-bond donors (Lipinski definition) is 2. The lowest BCUT2D eigenvalue weighted by Crippen LogP contribution is -2.24. The first kappa shape index (κ1) is 11.3. The van der Waals surface area contributed by atoms with Gasteiger partial charge in [-0.2, -0.15) is 13.8 Å². The highest BCUT2D eigenvalue weighted by atomic mass is 32.2. The van der Waals surface area contributed by atoms with Crippen LogP contribution >= 0.6 is 0 Å². The van der Waals surface area contributed by atoms with Gasteiger partial charge in [0.1, 0.15) is 0 Å². The number of aliphatic carboxylic acids is 1. The summed E-state index contributed by atoms with van der Waals surface area (Å²) in [6, 6.07) is 7.00. The van der Waals surface area contributed by atoms with Crippen LogP contribution in [0.5, 0.6) is 0 Å². The van der Waals surface area contributed by atoms with E-state index in [0.29, 0.717) is 5.56 Å². The molecule has 15 heavy (non-hydrogen) atoms. The minimum absolute atomic E-state index is 0.430. The molecule has 0 radical (unpaired) electrons. The van der Waals surface area contributed by atoms with Crippen molar-refractivity contribution >= 4 is 16.5 Å². The Kier molecular flexibility index (Phi) is 3.95. The van der Waals surface area contributed by atoms with Crippen molar-refractivity contribution in [2.75, 3.05) is 0 Å². The van der Waals surface area contributed by atoms with Crippen molar-refractivity contribution in [2.24, 2.45) is 4.47 Å². The minimum atomic E-state index is -2.68. The Morgan fingerprint density at radius 2 is 1.93 bits per heavy atom. The Labute approximate surface area is 87.2 Å². The molecule has 80 valence electrons. The summed E-state index contributed by atoms with van der Waals surface area (Å²) in [4.78, 5) is 10.8. The molecule has 0 spiro atoms. The zero-order chi connectivity index (χ0) is 11.3. The molecule has 0 saturated carbocycles. The maximum atomic E-state index is 10.8. The van der Waals surface area contributed by atoms with E-state index in [1.165, 1.54) is 0 Å². The van der Waals surface area contributed by atoms with Gasteiger partial charge in [-0.05, 0) is 5.56 Å². The standard InChI is InChI=1S/C8H8N2O4S/c11-8(12)7(9-10-15(13)14)6-4-2-1-3-5-6/h1-5,7,9H,(H,11,12). The van der Waals surface area contributed by atoms with Gasteiger partial charge >= 0.3 is 16.5 Å². The molecule has 0 saturated heterocycles. The van der Waals surface area contributed by atoms with Gasteiger partial charge in [-0.1, -0.05) is 34.8 Å². The quantitative estimate of drug-likeness (QED) is 0.726. The van der Waals surface area contributed by atoms with Crippen molar-refractivity contribution in [3.8, 4) is 0 Å². The lowest BCUT2D eigenvalue weighted by atomic mass is 10.1. The Morgan fingerprint density at radius 3 is 2.40 bits per heavy atom. The first-order valence-corrected chi connectivity index (χ1v) is 4.98. The third-order valence-corrected chi connectivity index (χ3v) is 1.89. The van der Waals surface area contributed by atoms with Crippen LogP contribution < -0.4 is 5.43 Å². The lowest BCUT2D eigenvalue weighted by molar-refractivity contribution is -0.139. The van der Waals surface area contributed by atoms with Crippen LogP contribution in [0.25, 0.3) is 0 Å². The molecule has 0 aliphatic rings. The topological polar surface area (TPSA) is 95.8 Å². The molecule has 1 unspecified atom stereocenters. The van der Waals surface area contributed by atoms with Crippen molar-refractivity contribution < 1.29 is 18.3 Å². The van der Waals surface area contributed by atoms with Crippen LogP contribution in [0, 0.1) is 0 Å². The summed E-state index contributed by atoms with van der Waals surface area (Å²) in [6.45, 7) is 0. The molecular formula is C8H8N2O4S. The SMILES string of the molecule is O=C(O)C(NN=S(=O)=O)c1ccccc1. The van der Waals surface area contributed by atoms with Gasteiger partial charge in [-0.15, -0.1) is 0 Å². The minimum Gasteiger partial charge on any atom is -0.480 e. The van der Waals surface area contributed by atoms with Gasteiger partial charge < -0.3 is 5.11 Å². The van der Waals surface area contributed by atoms with Gasteiger partial charge in [0, 0.05) is 0 Å². The van der Waals surface area contributed by atoms with Gasteiger partial charge in [0.05, 0.1) is 0 Å². The molecule has 6 nitrogen and oxygen atoms in total. The molecule has 0 heterocycles. The van der Waals surface area contributed by atoms with Gasteiger partial charge in [-0.25, -0.2) is 0 Å². The van der Waals surface area contributed by atoms with E-state index >= 15 is 0 Å². The van der Waals surface area contributed by atoms with Crippen LogP contribution in [0.15, 0.2) is 34.8 Å². The zero-order valence-electron chi connectivity index (χ0n) is 7.49. The molecule has 1 aromatic carbocycles. The predicted molar refractivity (Wildman–Crippen MR) is 51.3 cm³/mol.